The number of halogens is 4. The third-order valence-electron chi connectivity index (χ3n) is 21.8. The van der Waals surface area contributed by atoms with Gasteiger partial charge in [-0.3, -0.25) is 57.5 Å². The maximum absolute atomic E-state index is 15.8. The Labute approximate surface area is 591 Å². The third kappa shape index (κ3) is 19.9. The number of ether oxygens (including phenoxy) is 1. The lowest BCUT2D eigenvalue weighted by atomic mass is 9.81. The topological polar surface area (TPSA) is 279 Å². The molecule has 7 rings (SSSR count). The summed E-state index contributed by atoms with van der Waals surface area (Å²) in [5.74, 6) is -8.95. The Bertz CT molecular complexity index is 3120. The number of fused-ring (bicyclic) bond motifs is 1. The van der Waals surface area contributed by atoms with Gasteiger partial charge in [0.25, 0.3) is 0 Å². The molecule has 1 unspecified atom stereocenters. The number of carbonyl (C=O) groups is 12. The van der Waals surface area contributed by atoms with Crippen LogP contribution in [0, 0.1) is 23.7 Å². The van der Waals surface area contributed by atoms with E-state index in [1.54, 1.807) is 6.92 Å². The highest BCUT2D eigenvalue weighted by Crippen LogP contribution is 2.39. The van der Waals surface area contributed by atoms with Gasteiger partial charge in [0, 0.05) is 69.0 Å². The molecule has 1 aromatic rings. The standard InChI is InChI=1S/C71H108ClF3N12O13/c1-12-45(4)60-67(97)81(7)42-58(90)79(5)43-59(91)83(9)54(39-46-21-16-17-22-46)65(95)80(6)41-56(88)76-51(29-27-47-26-28-49(50(72)38-47)71(73,74)75)64(94)87-32-20-25-52(87)63(93)78-70(30-18-19-31-70)69(99)85(11)61(48-23-14-13-15-24-48)68(98)84(10)55(66(96)86-33-35-100-36-34-86)40-57(89)82(8)53(37-44(2)3)62(92)77-60/h26,28,38,44-46,48,51-55,60-61H,12-25,27,29-37,39-43H2,1-11H3,(H,76,88)(H,77,92)(H,78,93)/t45-,51-,52?,53-,54-,55-,60-,61-/m0/s1. The van der Waals surface area contributed by atoms with Gasteiger partial charge in [-0.25, -0.2) is 0 Å². The Kier molecular flexibility index (Phi) is 28.6. The molecule has 100 heavy (non-hydrogen) atoms. The number of rotatable bonds is 11. The Morgan fingerprint density at radius 1 is 0.650 bits per heavy atom. The van der Waals surface area contributed by atoms with Crippen LogP contribution in [0.3, 0.4) is 0 Å². The van der Waals surface area contributed by atoms with Gasteiger partial charge in [0.15, 0.2) is 0 Å². The Balaban J connectivity index is 1.29. The van der Waals surface area contributed by atoms with Crippen LogP contribution in [-0.4, -0.2) is 265 Å². The highest BCUT2D eigenvalue weighted by Gasteiger charge is 2.52. The second kappa shape index (κ2) is 35.7. The van der Waals surface area contributed by atoms with Crippen LogP contribution in [0.25, 0.3) is 0 Å². The van der Waals surface area contributed by atoms with Crippen LogP contribution in [0.2, 0.25) is 5.02 Å². The van der Waals surface area contributed by atoms with E-state index in [0.717, 1.165) is 71.8 Å². The second-order valence-electron chi connectivity index (χ2n) is 29.4. The predicted octanol–water partition coefficient (Wildman–Crippen LogP) is 4.88. The van der Waals surface area contributed by atoms with Gasteiger partial charge < -0.3 is 64.8 Å². The maximum Gasteiger partial charge on any atom is 0.417 e. The Hall–Kier alpha value is -7.10. The molecule has 6 aliphatic rings. The van der Waals surface area contributed by atoms with Crippen molar-refractivity contribution in [2.24, 2.45) is 23.7 Å². The Morgan fingerprint density at radius 3 is 1.87 bits per heavy atom. The SMILES string of the molecule is CC[C@H](C)[C@@H]1NC(=O)[C@H](CC(C)C)N(C)C(=O)C[C@@H](C(=O)N2CCOCC2)N(C)C(=O)[C@H](C2CCCCC2)N(C)C(=O)C2(CCCC2)NC(=O)C2CCCN2C(=O)[C@H](CCc2ccc(C(F)(F)F)c(Cl)c2)NC(=O)CN(C)C(=O)[C@H](CC2CCCC2)N(C)C(=O)CN(C)C(=O)CN(C)C1=O. The van der Waals surface area contributed by atoms with Crippen LogP contribution >= 0.6 is 11.6 Å². The number of aryl methyl sites for hydroxylation is 1. The summed E-state index contributed by atoms with van der Waals surface area (Å²) >= 11 is 6.15. The van der Waals surface area contributed by atoms with Gasteiger partial charge in [-0.05, 0) is 106 Å². The van der Waals surface area contributed by atoms with E-state index in [9.17, 15) is 41.9 Å². The van der Waals surface area contributed by atoms with Crippen LogP contribution in [0.1, 0.15) is 167 Å². The van der Waals surface area contributed by atoms with Crippen LogP contribution < -0.4 is 16.0 Å². The normalized spacial score (nSPS) is 26.8. The summed E-state index contributed by atoms with van der Waals surface area (Å²) in [5.41, 5.74) is -2.36. The van der Waals surface area contributed by atoms with Crippen molar-refractivity contribution in [1.82, 2.24) is 60.0 Å². The molecule has 29 heteroatoms. The molecule has 3 aliphatic heterocycles. The summed E-state index contributed by atoms with van der Waals surface area (Å²) in [7, 11) is 9.92. The van der Waals surface area contributed by atoms with Crippen molar-refractivity contribution in [3.63, 3.8) is 0 Å². The number of carbonyl (C=O) groups excluding carboxylic acids is 12. The lowest BCUT2D eigenvalue weighted by molar-refractivity contribution is -0.158. The number of nitrogens with one attached hydrogen (secondary N) is 3. The van der Waals surface area contributed by atoms with Crippen molar-refractivity contribution in [3.8, 4) is 0 Å². The minimum absolute atomic E-state index is 0.0268. The zero-order valence-corrected chi connectivity index (χ0v) is 61.2. The number of hydrogen-bond donors (Lipinski definition) is 3. The van der Waals surface area contributed by atoms with Crippen LogP contribution in [0.5, 0.6) is 0 Å². The van der Waals surface area contributed by atoms with Crippen LogP contribution in [0.4, 0.5) is 13.2 Å². The van der Waals surface area contributed by atoms with E-state index in [1.165, 1.54) is 84.8 Å². The summed E-state index contributed by atoms with van der Waals surface area (Å²) in [5, 5.41) is 8.15. The number of nitrogens with zero attached hydrogens (tertiary/aromatic N) is 9. The van der Waals surface area contributed by atoms with E-state index < -0.39 is 173 Å². The van der Waals surface area contributed by atoms with Gasteiger partial charge in [0.05, 0.1) is 49.9 Å². The quantitative estimate of drug-likeness (QED) is 0.267. The minimum atomic E-state index is -4.76. The van der Waals surface area contributed by atoms with E-state index in [-0.39, 0.29) is 89.6 Å². The first-order chi connectivity index (χ1) is 47.2. The number of amides is 12. The number of alkyl halides is 3. The lowest BCUT2D eigenvalue weighted by Gasteiger charge is -2.43. The fourth-order valence-electron chi connectivity index (χ4n) is 15.3. The van der Waals surface area contributed by atoms with Crippen LogP contribution in [0.15, 0.2) is 18.2 Å². The van der Waals surface area contributed by atoms with Crippen LogP contribution in [-0.2, 0) is 74.9 Å². The molecular formula is C71H108ClF3N12O13. The molecule has 3 heterocycles. The van der Waals surface area contributed by atoms with E-state index in [1.807, 2.05) is 20.8 Å². The summed E-state index contributed by atoms with van der Waals surface area (Å²) in [6.07, 6.45) is 3.65. The number of hydrogen-bond acceptors (Lipinski definition) is 13. The highest BCUT2D eigenvalue weighted by molar-refractivity contribution is 6.31. The first kappa shape index (κ1) is 80.2. The van der Waals surface area contributed by atoms with Gasteiger partial charge in [0.1, 0.15) is 47.8 Å². The number of benzene rings is 1. The van der Waals surface area contributed by atoms with Crippen molar-refractivity contribution in [2.45, 2.75) is 217 Å². The van der Waals surface area contributed by atoms with Crippen molar-refractivity contribution in [2.75, 3.05) is 102 Å². The predicted molar refractivity (Wildman–Crippen MR) is 366 cm³/mol. The van der Waals surface area contributed by atoms with Gasteiger partial charge in [-0.15, -0.1) is 0 Å². The van der Waals surface area contributed by atoms with E-state index in [2.05, 4.69) is 16.0 Å². The average Bonchev–Trinajstić information content (AvgIpc) is 1.38. The summed E-state index contributed by atoms with van der Waals surface area (Å²) in [4.78, 5) is 190. The van der Waals surface area contributed by atoms with Crippen molar-refractivity contribution in [1.29, 1.82) is 0 Å². The first-order valence-corrected chi connectivity index (χ1v) is 36.3. The van der Waals surface area contributed by atoms with E-state index in [0.29, 0.717) is 44.1 Å². The van der Waals surface area contributed by atoms with E-state index >= 15 is 28.8 Å². The molecule has 0 aromatic heterocycles. The second-order valence-corrected chi connectivity index (χ2v) is 29.8. The molecular weight excluding hydrogens is 1320 g/mol. The third-order valence-corrected chi connectivity index (χ3v) is 22.1. The molecule has 0 radical (unpaired) electrons. The zero-order valence-electron chi connectivity index (χ0n) is 60.4. The number of morpholine rings is 1. The van der Waals surface area contributed by atoms with E-state index in [4.69, 9.17) is 16.3 Å². The summed E-state index contributed by atoms with van der Waals surface area (Å²) in [6.45, 7) is 6.34. The number of likely N-dealkylation sites (N-methyl/N-ethyl adjacent to an activating group) is 7. The molecule has 1 aromatic carbocycles. The molecule has 0 bridgehead atoms. The molecule has 8 atom stereocenters. The van der Waals surface area contributed by atoms with Gasteiger partial charge in [0.2, 0.25) is 70.9 Å². The largest absolute Gasteiger partial charge is 0.417 e. The zero-order chi connectivity index (χ0) is 73.7. The van der Waals surface area contributed by atoms with Crippen molar-refractivity contribution >= 4 is 82.5 Å². The minimum Gasteiger partial charge on any atom is -0.378 e. The van der Waals surface area contributed by atoms with Crippen molar-refractivity contribution < 1.29 is 75.4 Å². The Morgan fingerprint density at radius 2 is 1.26 bits per heavy atom. The lowest BCUT2D eigenvalue weighted by Crippen LogP contribution is -2.65. The molecule has 25 nitrogen and oxygen atoms in total. The molecule has 3 saturated carbocycles. The molecule has 3 saturated heterocycles. The first-order valence-electron chi connectivity index (χ1n) is 35.9. The van der Waals surface area contributed by atoms with Gasteiger partial charge in [-0.2, -0.15) is 13.2 Å². The molecule has 558 valence electrons. The monoisotopic (exact) mass is 1430 g/mol. The fourth-order valence-corrected chi connectivity index (χ4v) is 15.7. The summed E-state index contributed by atoms with van der Waals surface area (Å²) < 4.78 is 47.2. The molecule has 3 N–H and O–H groups in total. The van der Waals surface area contributed by atoms with Gasteiger partial charge >= 0.3 is 6.18 Å². The van der Waals surface area contributed by atoms with Crippen molar-refractivity contribution in [3.05, 3.63) is 34.3 Å². The fraction of sp³-hybridized carbons (Fsp3) is 0.746. The smallest absolute Gasteiger partial charge is 0.378 e. The molecule has 3 aliphatic carbocycles. The maximum atomic E-state index is 15.8. The molecule has 12 amide bonds. The summed E-state index contributed by atoms with van der Waals surface area (Å²) in [6, 6.07) is -5.65. The molecule has 1 spiro atoms. The molecule has 6 fully saturated rings. The average molecular weight is 1430 g/mol. The highest BCUT2D eigenvalue weighted by atomic mass is 35.5. The van der Waals surface area contributed by atoms with Gasteiger partial charge in [-0.1, -0.05) is 110 Å².